The molecule has 0 aromatic rings. The molecule has 0 spiro atoms. The molecule has 98 valence electrons. The number of hydrogen-bond donors (Lipinski definition) is 1. The predicted octanol–water partition coefficient (Wildman–Crippen LogP) is 3.70. The van der Waals surface area contributed by atoms with E-state index >= 15 is 0 Å². The summed E-state index contributed by atoms with van der Waals surface area (Å²) in [5.74, 6) is 0.955. The number of likely N-dealkylation sites (N-methyl/N-ethyl adjacent to an activating group) is 1. The van der Waals surface area contributed by atoms with Crippen molar-refractivity contribution in [2.75, 3.05) is 19.3 Å². The maximum Gasteiger partial charge on any atom is 0.0602 e. The van der Waals surface area contributed by atoms with Gasteiger partial charge in [-0.3, -0.25) is 4.99 Å². The van der Waals surface area contributed by atoms with Gasteiger partial charge in [0.15, 0.2) is 0 Å². The molecule has 1 aliphatic carbocycles. The highest BCUT2D eigenvalue weighted by molar-refractivity contribution is 8.12. The molecule has 0 amide bonds. The van der Waals surface area contributed by atoms with Crippen LogP contribution in [0.3, 0.4) is 0 Å². The van der Waals surface area contributed by atoms with Crippen LogP contribution in [0.4, 0.5) is 0 Å². The Morgan fingerprint density at radius 3 is 3.11 bits per heavy atom. The van der Waals surface area contributed by atoms with Crippen molar-refractivity contribution in [1.82, 2.24) is 5.32 Å². The monoisotopic (exact) mass is 262 g/mol. The van der Waals surface area contributed by atoms with E-state index in [1.807, 2.05) is 19.5 Å². The van der Waals surface area contributed by atoms with E-state index in [1.54, 1.807) is 11.8 Å². The Hall–Kier alpha value is -1.06. The van der Waals surface area contributed by atoms with Gasteiger partial charge in [0.25, 0.3) is 0 Å². The molecule has 0 bridgehead atoms. The molecule has 0 saturated heterocycles. The number of aliphatic imine (C=N–C) groups is 1. The number of allylic oxidation sites excluding steroid dienone is 5. The minimum absolute atomic E-state index is 0.848. The van der Waals surface area contributed by atoms with Crippen molar-refractivity contribution in [3.63, 3.8) is 0 Å². The summed E-state index contributed by atoms with van der Waals surface area (Å²) in [6.07, 6.45) is 11.2. The van der Waals surface area contributed by atoms with Crippen LogP contribution in [0.2, 0.25) is 0 Å². The molecule has 0 unspecified atom stereocenters. The molecule has 1 aliphatic rings. The van der Waals surface area contributed by atoms with E-state index in [-0.39, 0.29) is 0 Å². The van der Waals surface area contributed by atoms with E-state index in [1.165, 1.54) is 11.1 Å². The van der Waals surface area contributed by atoms with Gasteiger partial charge in [0.05, 0.1) is 5.55 Å². The summed E-state index contributed by atoms with van der Waals surface area (Å²) in [6, 6.07) is 0. The molecule has 0 aromatic heterocycles. The van der Waals surface area contributed by atoms with Crippen LogP contribution in [0.25, 0.3) is 0 Å². The standard InChI is InChI=1S/C15H22N2S/c1-13(2)17-12-18-11-15-7-5-4-6-14(8-9-15)10-16-3/h5,7-9,12,16H,1,4,6,10-11H2,2-3H3/b7-5-,14-8+,15-9+,17-12-. The van der Waals surface area contributed by atoms with Gasteiger partial charge in [-0.2, -0.15) is 0 Å². The smallest absolute Gasteiger partial charge is 0.0602 e. The highest BCUT2D eigenvalue weighted by Crippen LogP contribution is 2.14. The average Bonchev–Trinajstić information content (AvgIpc) is 2.31. The van der Waals surface area contributed by atoms with Crippen LogP contribution in [0.5, 0.6) is 0 Å². The number of nitrogens with one attached hydrogen (secondary N) is 1. The zero-order valence-electron chi connectivity index (χ0n) is 11.3. The first-order chi connectivity index (χ1) is 8.72. The van der Waals surface area contributed by atoms with Crippen LogP contribution in [0, 0.1) is 0 Å². The second-order valence-electron chi connectivity index (χ2n) is 4.32. The predicted molar refractivity (Wildman–Crippen MR) is 84.2 cm³/mol. The number of rotatable bonds is 6. The average molecular weight is 262 g/mol. The first-order valence-corrected chi connectivity index (χ1v) is 7.26. The van der Waals surface area contributed by atoms with Gasteiger partial charge in [-0.1, -0.05) is 36.5 Å². The molecule has 0 heterocycles. The van der Waals surface area contributed by atoms with Crippen LogP contribution < -0.4 is 5.32 Å². The van der Waals surface area contributed by atoms with Crippen LogP contribution >= 0.6 is 11.8 Å². The van der Waals surface area contributed by atoms with Crippen LogP contribution in [0.15, 0.2) is 52.7 Å². The van der Waals surface area contributed by atoms with Crippen molar-refractivity contribution in [3.05, 3.63) is 47.7 Å². The summed E-state index contributed by atoms with van der Waals surface area (Å²) < 4.78 is 0. The summed E-state index contributed by atoms with van der Waals surface area (Å²) >= 11 is 1.70. The molecule has 3 heteroatoms. The Bertz CT molecular complexity index is 389. The summed E-state index contributed by atoms with van der Waals surface area (Å²) in [5.41, 5.74) is 5.51. The molecule has 0 aromatic carbocycles. The number of hydrogen-bond acceptors (Lipinski definition) is 3. The van der Waals surface area contributed by atoms with E-state index in [2.05, 4.69) is 41.2 Å². The van der Waals surface area contributed by atoms with Crippen molar-refractivity contribution < 1.29 is 0 Å². The van der Waals surface area contributed by atoms with Crippen LogP contribution in [-0.4, -0.2) is 24.9 Å². The van der Waals surface area contributed by atoms with Gasteiger partial charge < -0.3 is 5.32 Å². The van der Waals surface area contributed by atoms with E-state index in [0.717, 1.165) is 30.8 Å². The first kappa shape index (κ1) is 15.0. The Morgan fingerprint density at radius 2 is 2.39 bits per heavy atom. The van der Waals surface area contributed by atoms with Gasteiger partial charge in [-0.25, -0.2) is 0 Å². The second-order valence-corrected chi connectivity index (χ2v) is 5.15. The number of thioether (sulfide) groups is 1. The van der Waals surface area contributed by atoms with Crippen molar-refractivity contribution in [1.29, 1.82) is 0 Å². The lowest BCUT2D eigenvalue weighted by molar-refractivity contribution is 0.820. The maximum absolute atomic E-state index is 4.16. The Kier molecular flexibility index (Phi) is 7.46. The molecule has 0 saturated carbocycles. The third kappa shape index (κ3) is 6.62. The molecule has 0 fully saturated rings. The van der Waals surface area contributed by atoms with Crippen LogP contribution in [-0.2, 0) is 0 Å². The van der Waals surface area contributed by atoms with Crippen LogP contribution in [0.1, 0.15) is 19.8 Å². The Morgan fingerprint density at radius 1 is 1.56 bits per heavy atom. The molecule has 1 rings (SSSR count). The lowest BCUT2D eigenvalue weighted by Crippen LogP contribution is -2.10. The molecule has 0 atom stereocenters. The maximum atomic E-state index is 4.16. The normalized spacial score (nSPS) is 23.7. The fraction of sp³-hybridized carbons (Fsp3) is 0.400. The largest absolute Gasteiger partial charge is 0.316 e. The fourth-order valence-corrected chi connectivity index (χ4v) is 2.31. The minimum atomic E-state index is 0.848. The first-order valence-electron chi connectivity index (χ1n) is 6.21. The quantitative estimate of drug-likeness (QED) is 0.583. The Balaban J connectivity index is 2.54. The minimum Gasteiger partial charge on any atom is -0.316 e. The Labute approximate surface area is 115 Å². The lowest BCUT2D eigenvalue weighted by Gasteiger charge is -2.07. The van der Waals surface area contributed by atoms with E-state index in [0.29, 0.717) is 0 Å². The van der Waals surface area contributed by atoms with Gasteiger partial charge in [0.1, 0.15) is 0 Å². The highest BCUT2D eigenvalue weighted by Gasteiger charge is 1.98. The summed E-state index contributed by atoms with van der Waals surface area (Å²) in [4.78, 5) is 4.16. The summed E-state index contributed by atoms with van der Waals surface area (Å²) in [7, 11) is 1.99. The molecule has 2 nitrogen and oxygen atoms in total. The SMILES string of the molecule is C=C(C)/N=C\SCC1=C/C=C(/CNC)CC/C=C\1. The third-order valence-electron chi connectivity index (χ3n) is 2.50. The van der Waals surface area contributed by atoms with Crippen molar-refractivity contribution in [2.45, 2.75) is 19.8 Å². The van der Waals surface area contributed by atoms with E-state index in [4.69, 9.17) is 0 Å². The number of nitrogens with zero attached hydrogens (tertiary/aromatic N) is 1. The molecular formula is C15H22N2S. The van der Waals surface area contributed by atoms with Crippen molar-refractivity contribution in [2.24, 2.45) is 4.99 Å². The fourth-order valence-electron chi connectivity index (χ4n) is 1.60. The van der Waals surface area contributed by atoms with E-state index < -0.39 is 0 Å². The highest BCUT2D eigenvalue weighted by atomic mass is 32.2. The zero-order chi connectivity index (χ0) is 13.2. The molecular weight excluding hydrogens is 240 g/mol. The van der Waals surface area contributed by atoms with E-state index in [9.17, 15) is 0 Å². The molecule has 1 N–H and O–H groups in total. The van der Waals surface area contributed by atoms with Gasteiger partial charge in [0, 0.05) is 18.0 Å². The summed E-state index contributed by atoms with van der Waals surface area (Å²) in [6.45, 7) is 6.62. The van der Waals surface area contributed by atoms with Gasteiger partial charge in [-0.15, -0.1) is 11.8 Å². The lowest BCUT2D eigenvalue weighted by atomic mass is 10.1. The molecule has 18 heavy (non-hydrogen) atoms. The van der Waals surface area contributed by atoms with Gasteiger partial charge in [-0.05, 0) is 32.4 Å². The molecule has 0 aliphatic heterocycles. The van der Waals surface area contributed by atoms with Gasteiger partial charge >= 0.3 is 0 Å². The molecule has 0 radical (unpaired) electrons. The van der Waals surface area contributed by atoms with Crippen molar-refractivity contribution >= 4 is 17.3 Å². The summed E-state index contributed by atoms with van der Waals surface area (Å²) in [5, 5.41) is 3.21. The zero-order valence-corrected chi connectivity index (χ0v) is 12.1. The van der Waals surface area contributed by atoms with Gasteiger partial charge in [0.2, 0.25) is 0 Å². The topological polar surface area (TPSA) is 24.4 Å². The second kappa shape index (κ2) is 8.95. The third-order valence-corrected chi connectivity index (χ3v) is 3.25. The van der Waals surface area contributed by atoms with Crippen molar-refractivity contribution in [3.8, 4) is 0 Å².